The summed E-state index contributed by atoms with van der Waals surface area (Å²) in [6.07, 6.45) is 0. The summed E-state index contributed by atoms with van der Waals surface area (Å²) in [5.41, 5.74) is 10.3. The molecule has 0 aliphatic rings. The van der Waals surface area contributed by atoms with Gasteiger partial charge in [0.2, 0.25) is 0 Å². The van der Waals surface area contributed by atoms with Crippen LogP contribution in [0.1, 0.15) is 47.5 Å². The first-order chi connectivity index (χ1) is 14.8. The molecule has 6 heteroatoms. The number of halogens is 2. The van der Waals surface area contributed by atoms with Crippen LogP contribution in [0, 0.1) is 27.7 Å². The topological polar surface area (TPSA) is 37.6 Å². The van der Waals surface area contributed by atoms with Crippen LogP contribution in [-0.4, -0.2) is 16.4 Å². The number of hydrogen-bond acceptors (Lipinski definition) is 3. The number of nitrogens with zero attached hydrogens (tertiary/aromatic N) is 3. The molecular weight excluding hydrogens is 558 g/mol. The van der Waals surface area contributed by atoms with E-state index in [-0.39, 0.29) is 0 Å². The van der Waals surface area contributed by atoms with Gasteiger partial charge in [-0.15, -0.1) is 0 Å². The van der Waals surface area contributed by atoms with Gasteiger partial charge in [-0.25, -0.2) is 4.98 Å². The van der Waals surface area contributed by atoms with Crippen LogP contribution >= 0.6 is 28.2 Å². The van der Waals surface area contributed by atoms with Gasteiger partial charge >= 0.3 is 39.6 Å². The minimum absolute atomic E-state index is 0.871. The fourth-order valence-corrected chi connectivity index (χ4v) is 3.25. The standard InChI is InChI=1S/C25H27N3.2BrH.Fe/c1-16-10-7-11-17(2)24(16)26-20(5)22-14-9-15-23(28-22)21(6)27-25-18(3)12-8-13-19(25)4;;;/h7-15H,1-6H3;2*1H;/q;;;+2/p-2. The van der Waals surface area contributed by atoms with Crippen molar-refractivity contribution in [2.45, 2.75) is 41.5 Å². The van der Waals surface area contributed by atoms with Crippen LogP contribution in [0.25, 0.3) is 0 Å². The van der Waals surface area contributed by atoms with Crippen molar-refractivity contribution in [2.75, 3.05) is 0 Å². The second kappa shape index (κ2) is 12.4. The second-order valence-corrected chi connectivity index (χ2v) is 12.9. The Morgan fingerprint density at radius 1 is 0.645 bits per heavy atom. The summed E-state index contributed by atoms with van der Waals surface area (Å²) < 4.78 is 0. The Balaban J connectivity index is 0.00000107. The molecule has 0 radical (unpaired) electrons. The van der Waals surface area contributed by atoms with Crippen molar-refractivity contribution in [3.05, 3.63) is 88.2 Å². The number of para-hydroxylation sites is 2. The van der Waals surface area contributed by atoms with Gasteiger partial charge in [0.25, 0.3) is 0 Å². The zero-order chi connectivity index (χ0) is 23.0. The molecule has 164 valence electrons. The van der Waals surface area contributed by atoms with Gasteiger partial charge in [-0.05, 0) is 75.9 Å². The van der Waals surface area contributed by atoms with Crippen molar-refractivity contribution in [2.24, 2.45) is 9.98 Å². The molecule has 0 saturated heterocycles. The third-order valence-corrected chi connectivity index (χ3v) is 4.93. The molecule has 0 spiro atoms. The van der Waals surface area contributed by atoms with Crippen LogP contribution in [0.5, 0.6) is 0 Å². The molecule has 0 unspecified atom stereocenters. The quantitative estimate of drug-likeness (QED) is 0.224. The van der Waals surface area contributed by atoms with Crippen molar-refractivity contribution in [1.29, 1.82) is 0 Å². The van der Waals surface area contributed by atoms with E-state index in [1.807, 2.05) is 32.0 Å². The molecule has 0 N–H and O–H groups in total. The van der Waals surface area contributed by atoms with Crippen molar-refractivity contribution >= 4 is 51.0 Å². The van der Waals surface area contributed by atoms with E-state index in [4.69, 9.17) is 15.0 Å². The fraction of sp³-hybridized carbons (Fsp3) is 0.240. The summed E-state index contributed by atoms with van der Waals surface area (Å²) in [6.45, 7) is 12.4. The summed E-state index contributed by atoms with van der Waals surface area (Å²) >= 11 is 7.00. The first-order valence-corrected chi connectivity index (χ1v) is 15.3. The third kappa shape index (κ3) is 7.21. The molecule has 1 aromatic heterocycles. The van der Waals surface area contributed by atoms with E-state index in [1.54, 1.807) is 0 Å². The molecule has 31 heavy (non-hydrogen) atoms. The number of benzene rings is 2. The predicted octanol–water partition coefficient (Wildman–Crippen LogP) is 8.29. The van der Waals surface area contributed by atoms with E-state index in [0.29, 0.717) is 0 Å². The van der Waals surface area contributed by atoms with Crippen molar-refractivity contribution < 1.29 is 11.3 Å². The van der Waals surface area contributed by atoms with E-state index in [2.05, 4.69) is 92.3 Å². The summed E-state index contributed by atoms with van der Waals surface area (Å²) in [6, 6.07) is 18.5. The number of rotatable bonds is 4. The molecular formula is C25H27Br2FeN3. The SMILES string of the molecule is CC(=Nc1c(C)cccc1C)c1cccc(C(C)=Nc2c(C)cccc2C)n1.[Br][Fe][Br]. The van der Waals surface area contributed by atoms with Crippen LogP contribution in [0.2, 0.25) is 0 Å². The molecule has 0 fully saturated rings. The Labute approximate surface area is 206 Å². The molecule has 3 aromatic rings. The Morgan fingerprint density at radius 3 is 1.26 bits per heavy atom. The van der Waals surface area contributed by atoms with E-state index in [1.165, 1.54) is 22.3 Å². The zero-order valence-electron chi connectivity index (χ0n) is 18.6. The van der Waals surface area contributed by atoms with Crippen LogP contribution < -0.4 is 0 Å². The normalized spacial score (nSPS) is 11.9. The van der Waals surface area contributed by atoms with Gasteiger partial charge in [-0.2, -0.15) is 0 Å². The van der Waals surface area contributed by atoms with Gasteiger partial charge in [0.05, 0.1) is 34.2 Å². The van der Waals surface area contributed by atoms with Crippen LogP contribution in [0.15, 0.2) is 64.6 Å². The Hall–Kier alpha value is -1.59. The predicted molar refractivity (Wildman–Crippen MR) is 138 cm³/mol. The summed E-state index contributed by atoms with van der Waals surface area (Å²) in [7, 11) is 0. The molecule has 0 saturated carbocycles. The summed E-state index contributed by atoms with van der Waals surface area (Å²) in [5.74, 6) is 0. The van der Waals surface area contributed by atoms with E-state index < -0.39 is 0 Å². The molecule has 0 aliphatic carbocycles. The van der Waals surface area contributed by atoms with Crippen LogP contribution in [0.4, 0.5) is 11.4 Å². The van der Waals surface area contributed by atoms with Gasteiger partial charge in [-0.1, -0.05) is 42.5 Å². The average molecular weight is 585 g/mol. The van der Waals surface area contributed by atoms with Gasteiger partial charge in [0.1, 0.15) is 0 Å². The molecule has 0 amide bonds. The minimum atomic E-state index is 0.871. The molecule has 3 rings (SSSR count). The number of aliphatic imine (C=N–C) groups is 2. The van der Waals surface area contributed by atoms with E-state index in [9.17, 15) is 0 Å². The first-order valence-electron chi connectivity index (χ1n) is 9.84. The maximum atomic E-state index is 4.86. The number of aryl methyl sites for hydroxylation is 4. The number of pyridine rings is 1. The van der Waals surface area contributed by atoms with Crippen molar-refractivity contribution in [1.82, 2.24) is 4.98 Å². The number of aromatic nitrogens is 1. The summed E-state index contributed by atoms with van der Waals surface area (Å²) in [4.78, 5) is 14.5. The van der Waals surface area contributed by atoms with Gasteiger partial charge in [0.15, 0.2) is 0 Å². The van der Waals surface area contributed by atoms with Crippen molar-refractivity contribution in [3.63, 3.8) is 0 Å². The van der Waals surface area contributed by atoms with Gasteiger partial charge < -0.3 is 0 Å². The molecule has 3 nitrogen and oxygen atoms in total. The van der Waals surface area contributed by atoms with Crippen molar-refractivity contribution in [3.8, 4) is 0 Å². The molecule has 0 bridgehead atoms. The third-order valence-electron chi connectivity index (χ3n) is 4.93. The monoisotopic (exact) mass is 583 g/mol. The van der Waals surface area contributed by atoms with Gasteiger partial charge in [0, 0.05) is 0 Å². The van der Waals surface area contributed by atoms with E-state index in [0.717, 1.165) is 45.5 Å². The van der Waals surface area contributed by atoms with Crippen LogP contribution in [-0.2, 0) is 11.3 Å². The second-order valence-electron chi connectivity index (χ2n) is 7.33. The zero-order valence-corrected chi connectivity index (χ0v) is 22.9. The fourth-order valence-electron chi connectivity index (χ4n) is 3.25. The molecule has 1 heterocycles. The maximum absolute atomic E-state index is 4.86. The average Bonchev–Trinajstić information content (AvgIpc) is 2.74. The number of hydrogen-bond donors (Lipinski definition) is 0. The van der Waals surface area contributed by atoms with Gasteiger partial charge in [-0.3, -0.25) is 9.98 Å². The Kier molecular flexibility index (Phi) is 10.3. The Morgan fingerprint density at radius 2 is 0.935 bits per heavy atom. The van der Waals surface area contributed by atoms with E-state index >= 15 is 0 Å². The molecule has 2 aromatic carbocycles. The molecule has 0 aliphatic heterocycles. The first kappa shape index (κ1) is 25.7. The molecule has 0 atom stereocenters. The summed E-state index contributed by atoms with van der Waals surface area (Å²) in [5, 5.41) is 0. The van der Waals surface area contributed by atoms with Crippen LogP contribution in [0.3, 0.4) is 0 Å². The Bertz CT molecular complexity index is 984.